The Morgan fingerprint density at radius 3 is 2.58 bits per heavy atom. The summed E-state index contributed by atoms with van der Waals surface area (Å²) in [5.74, 6) is -0.994. The van der Waals surface area contributed by atoms with E-state index in [1.807, 2.05) is 19.1 Å². The molecular weight excluding hydrogens is 448 g/mol. The Bertz CT molecular complexity index is 1140. The Morgan fingerprint density at radius 2 is 1.88 bits per heavy atom. The predicted molar refractivity (Wildman–Crippen MR) is 122 cm³/mol. The molecule has 1 aliphatic rings. The number of para-hydroxylation sites is 1. The lowest BCUT2D eigenvalue weighted by molar-refractivity contribution is -0.142. The van der Waals surface area contributed by atoms with Crippen LogP contribution in [-0.2, 0) is 29.1 Å². The molecule has 0 aliphatic carbocycles. The zero-order valence-electron chi connectivity index (χ0n) is 18.4. The lowest BCUT2D eigenvalue weighted by atomic mass is 10.2. The van der Waals surface area contributed by atoms with Gasteiger partial charge in [-0.2, -0.15) is 4.31 Å². The van der Waals surface area contributed by atoms with E-state index >= 15 is 0 Å². The lowest BCUT2D eigenvalue weighted by Crippen LogP contribution is -2.40. The van der Waals surface area contributed by atoms with Gasteiger partial charge in [0.25, 0.3) is 5.91 Å². The number of esters is 1. The van der Waals surface area contributed by atoms with Crippen molar-refractivity contribution in [3.8, 4) is 5.75 Å². The largest absolute Gasteiger partial charge is 0.495 e. The smallest absolute Gasteiger partial charge is 0.331 e. The molecule has 10 heteroatoms. The van der Waals surface area contributed by atoms with Gasteiger partial charge in [-0.05, 0) is 42.3 Å². The first kappa shape index (κ1) is 24.4. The normalized spacial score (nSPS) is 14.7. The second-order valence-electron chi connectivity index (χ2n) is 7.23. The van der Waals surface area contributed by atoms with Crippen LogP contribution in [0.25, 0.3) is 6.08 Å². The van der Waals surface area contributed by atoms with Crippen molar-refractivity contribution in [3.63, 3.8) is 0 Å². The number of anilines is 1. The van der Waals surface area contributed by atoms with E-state index in [0.29, 0.717) is 24.5 Å². The molecule has 0 saturated carbocycles. The third-order valence-corrected chi connectivity index (χ3v) is 6.87. The van der Waals surface area contributed by atoms with Crippen LogP contribution in [-0.4, -0.2) is 64.6 Å². The summed E-state index contributed by atoms with van der Waals surface area (Å²) >= 11 is 0. The van der Waals surface area contributed by atoms with Gasteiger partial charge in [0.05, 0.1) is 20.3 Å². The van der Waals surface area contributed by atoms with E-state index in [2.05, 4.69) is 5.32 Å². The van der Waals surface area contributed by atoms with Crippen LogP contribution in [0.2, 0.25) is 0 Å². The van der Waals surface area contributed by atoms with E-state index < -0.39 is 28.5 Å². The molecule has 1 saturated heterocycles. The molecule has 2 aromatic carbocycles. The van der Waals surface area contributed by atoms with Crippen molar-refractivity contribution in [2.75, 3.05) is 45.3 Å². The van der Waals surface area contributed by atoms with E-state index in [-0.39, 0.29) is 23.7 Å². The number of methoxy groups -OCH3 is 1. The first-order valence-corrected chi connectivity index (χ1v) is 11.7. The van der Waals surface area contributed by atoms with Crippen LogP contribution in [0.1, 0.15) is 11.1 Å². The molecule has 0 spiro atoms. The summed E-state index contributed by atoms with van der Waals surface area (Å²) in [6.07, 6.45) is 2.55. The highest BCUT2D eigenvalue weighted by Crippen LogP contribution is 2.28. The molecule has 33 heavy (non-hydrogen) atoms. The van der Waals surface area contributed by atoms with Gasteiger partial charge in [0.1, 0.15) is 10.6 Å². The number of ether oxygens (including phenoxy) is 3. The highest BCUT2D eigenvalue weighted by molar-refractivity contribution is 7.89. The van der Waals surface area contributed by atoms with Crippen molar-refractivity contribution in [1.29, 1.82) is 0 Å². The van der Waals surface area contributed by atoms with Crippen LogP contribution < -0.4 is 10.1 Å². The zero-order valence-corrected chi connectivity index (χ0v) is 19.3. The zero-order chi connectivity index (χ0) is 23.8. The number of benzene rings is 2. The predicted octanol–water partition coefficient (Wildman–Crippen LogP) is 2.22. The Kier molecular flexibility index (Phi) is 8.21. The van der Waals surface area contributed by atoms with E-state index in [0.717, 1.165) is 11.6 Å². The van der Waals surface area contributed by atoms with Gasteiger partial charge in [-0.1, -0.05) is 24.3 Å². The number of hydrogen-bond acceptors (Lipinski definition) is 7. The van der Waals surface area contributed by atoms with Crippen molar-refractivity contribution in [2.45, 2.75) is 11.8 Å². The van der Waals surface area contributed by atoms with Gasteiger partial charge in [-0.25, -0.2) is 13.2 Å². The van der Waals surface area contributed by atoms with Crippen molar-refractivity contribution in [1.82, 2.24) is 4.31 Å². The number of morpholine rings is 1. The summed E-state index contributed by atoms with van der Waals surface area (Å²) < 4.78 is 42.8. The number of carbonyl (C=O) groups is 2. The van der Waals surface area contributed by atoms with Crippen LogP contribution in [0.4, 0.5) is 5.69 Å². The van der Waals surface area contributed by atoms with Gasteiger partial charge < -0.3 is 19.5 Å². The number of aryl methyl sites for hydroxylation is 1. The Balaban J connectivity index is 1.64. The van der Waals surface area contributed by atoms with Crippen molar-refractivity contribution in [3.05, 3.63) is 59.7 Å². The summed E-state index contributed by atoms with van der Waals surface area (Å²) in [5, 5.41) is 2.67. The Hall–Kier alpha value is -3.21. The quantitative estimate of drug-likeness (QED) is 0.461. The van der Waals surface area contributed by atoms with Crippen molar-refractivity contribution in [2.24, 2.45) is 0 Å². The number of carbonyl (C=O) groups excluding carboxylic acids is 2. The molecule has 0 radical (unpaired) electrons. The maximum atomic E-state index is 13.0. The second kappa shape index (κ2) is 11.1. The van der Waals surface area contributed by atoms with Gasteiger partial charge in [-0.3, -0.25) is 4.79 Å². The molecule has 9 nitrogen and oxygen atoms in total. The fourth-order valence-electron chi connectivity index (χ4n) is 3.17. The average Bonchev–Trinajstić information content (AvgIpc) is 2.83. The minimum atomic E-state index is -3.80. The van der Waals surface area contributed by atoms with Gasteiger partial charge in [0.15, 0.2) is 6.61 Å². The molecule has 1 amide bonds. The van der Waals surface area contributed by atoms with Crippen LogP contribution >= 0.6 is 0 Å². The van der Waals surface area contributed by atoms with Crippen molar-refractivity contribution >= 4 is 33.7 Å². The number of hydrogen-bond donors (Lipinski definition) is 1. The molecule has 0 aromatic heterocycles. The molecule has 1 heterocycles. The van der Waals surface area contributed by atoms with Crippen LogP contribution in [0.3, 0.4) is 0 Å². The number of amides is 1. The van der Waals surface area contributed by atoms with Crippen LogP contribution in [0.15, 0.2) is 53.4 Å². The first-order valence-electron chi connectivity index (χ1n) is 10.3. The lowest BCUT2D eigenvalue weighted by Gasteiger charge is -2.26. The number of nitrogens with zero attached hydrogens (tertiary/aromatic N) is 1. The molecule has 3 rings (SSSR count). The highest BCUT2D eigenvalue weighted by Gasteiger charge is 2.29. The highest BCUT2D eigenvalue weighted by atomic mass is 32.2. The summed E-state index contributed by atoms with van der Waals surface area (Å²) in [6.45, 7) is 2.56. The van der Waals surface area contributed by atoms with Gasteiger partial charge >= 0.3 is 5.97 Å². The molecule has 1 aliphatic heterocycles. The maximum Gasteiger partial charge on any atom is 0.331 e. The number of sulfonamides is 1. The molecule has 176 valence electrons. The van der Waals surface area contributed by atoms with E-state index in [4.69, 9.17) is 14.2 Å². The summed E-state index contributed by atoms with van der Waals surface area (Å²) in [6, 6.07) is 11.8. The van der Waals surface area contributed by atoms with E-state index in [9.17, 15) is 18.0 Å². The van der Waals surface area contributed by atoms with Gasteiger partial charge in [0, 0.05) is 24.9 Å². The molecule has 2 aromatic rings. The third kappa shape index (κ3) is 6.41. The number of rotatable bonds is 8. The fraction of sp³-hybridized carbons (Fsp3) is 0.304. The standard InChI is InChI=1S/C23H26N2O7S/c1-17-5-3-4-6-19(17)24-22(26)16-32-23(27)10-8-18-7-9-20(30-2)21(15-18)33(28,29)25-11-13-31-14-12-25/h3-10,15H,11-14,16H2,1-2H3,(H,24,26)/b10-8+. The van der Waals surface area contributed by atoms with E-state index in [1.54, 1.807) is 18.2 Å². The SMILES string of the molecule is COc1ccc(/C=C/C(=O)OCC(=O)Nc2ccccc2C)cc1S(=O)(=O)N1CCOCC1. The Morgan fingerprint density at radius 1 is 1.15 bits per heavy atom. The molecule has 1 N–H and O–H groups in total. The topological polar surface area (TPSA) is 111 Å². The van der Waals surface area contributed by atoms with Crippen molar-refractivity contribution < 1.29 is 32.2 Å². The minimum Gasteiger partial charge on any atom is -0.495 e. The second-order valence-corrected chi connectivity index (χ2v) is 9.14. The first-order chi connectivity index (χ1) is 15.8. The average molecular weight is 475 g/mol. The third-order valence-electron chi connectivity index (χ3n) is 4.95. The van der Waals surface area contributed by atoms with E-state index in [1.165, 1.54) is 29.6 Å². The number of nitrogens with one attached hydrogen (secondary N) is 1. The molecule has 0 atom stereocenters. The van der Waals surface area contributed by atoms with Gasteiger partial charge in [0.2, 0.25) is 10.0 Å². The summed E-state index contributed by atoms with van der Waals surface area (Å²) in [7, 11) is -2.40. The molecule has 0 unspecified atom stereocenters. The molecule has 0 bridgehead atoms. The molecular formula is C23H26N2O7S. The van der Waals surface area contributed by atoms with Gasteiger partial charge in [-0.15, -0.1) is 0 Å². The minimum absolute atomic E-state index is 0.0000241. The summed E-state index contributed by atoms with van der Waals surface area (Å²) in [4.78, 5) is 24.1. The fourth-order valence-corrected chi connectivity index (χ4v) is 4.77. The monoisotopic (exact) mass is 474 g/mol. The van der Waals surface area contributed by atoms with Crippen LogP contribution in [0.5, 0.6) is 5.75 Å². The van der Waals surface area contributed by atoms with Crippen LogP contribution in [0, 0.1) is 6.92 Å². The molecule has 1 fully saturated rings. The summed E-state index contributed by atoms with van der Waals surface area (Å²) in [5.41, 5.74) is 1.99. The maximum absolute atomic E-state index is 13.0. The Labute approximate surface area is 193 Å².